The van der Waals surface area contributed by atoms with Gasteiger partial charge in [-0.2, -0.15) is 0 Å². The maximum Gasteiger partial charge on any atom is 0.410 e. The number of carbonyl (C=O) groups excluding carboxylic acids is 2. The van der Waals surface area contributed by atoms with Crippen LogP contribution in [0.4, 0.5) is 9.59 Å². The van der Waals surface area contributed by atoms with E-state index in [4.69, 9.17) is 9.47 Å². The number of nitrogens with zero attached hydrogens (tertiary/aromatic N) is 2. The number of cyclic esters (lactones) is 1. The lowest BCUT2D eigenvalue weighted by Crippen LogP contribution is -2.48. The molecule has 1 atom stereocenters. The number of likely N-dealkylation sites (tertiary alicyclic amines) is 1. The van der Waals surface area contributed by atoms with Crippen molar-refractivity contribution in [2.24, 2.45) is 0 Å². The topological polar surface area (TPSA) is 59.1 Å². The molecule has 6 heteroatoms. The van der Waals surface area contributed by atoms with Gasteiger partial charge in [-0.25, -0.2) is 9.59 Å². The first kappa shape index (κ1) is 17.6. The Balaban J connectivity index is 1.63. The third-order valence-corrected chi connectivity index (χ3v) is 4.61. The van der Waals surface area contributed by atoms with Gasteiger partial charge in [0.2, 0.25) is 0 Å². The number of hydrogen-bond acceptors (Lipinski definition) is 4. The summed E-state index contributed by atoms with van der Waals surface area (Å²) < 4.78 is 10.7. The molecular weight excluding hydrogens is 320 g/mol. The molecular formula is C19H26N2O4. The van der Waals surface area contributed by atoms with Gasteiger partial charge in [0.1, 0.15) is 12.2 Å². The van der Waals surface area contributed by atoms with Crippen LogP contribution in [0.25, 0.3) is 0 Å². The van der Waals surface area contributed by atoms with Crippen molar-refractivity contribution in [2.75, 3.05) is 19.7 Å². The fourth-order valence-corrected chi connectivity index (χ4v) is 3.42. The van der Waals surface area contributed by atoms with Gasteiger partial charge in [-0.15, -0.1) is 0 Å². The molecule has 3 rings (SSSR count). The number of carbonyl (C=O) groups is 2. The van der Waals surface area contributed by atoms with Crippen LogP contribution in [0.3, 0.4) is 0 Å². The summed E-state index contributed by atoms with van der Waals surface area (Å²) in [6.07, 6.45) is 0.925. The maximum absolute atomic E-state index is 12.3. The molecule has 6 nitrogen and oxygen atoms in total. The van der Waals surface area contributed by atoms with E-state index >= 15 is 0 Å². The van der Waals surface area contributed by atoms with Gasteiger partial charge in [-0.05, 0) is 39.2 Å². The standard InChI is InChI=1S/C19H26N2O4/c1-19(2,3)25-17(22)20-11-9-15(10-12-20)21-16(13-24-18(21)23)14-7-5-4-6-8-14/h4-8,15-16H,9-13H2,1-3H3/t16-/m1/s1. The molecule has 0 spiro atoms. The average Bonchev–Trinajstić information content (AvgIpc) is 2.96. The van der Waals surface area contributed by atoms with E-state index in [-0.39, 0.29) is 24.3 Å². The lowest BCUT2D eigenvalue weighted by molar-refractivity contribution is 0.0157. The molecule has 0 radical (unpaired) electrons. The SMILES string of the molecule is CC(C)(C)OC(=O)N1CCC(N2C(=O)OC[C@@H]2c2ccccc2)CC1. The van der Waals surface area contributed by atoms with Gasteiger partial charge >= 0.3 is 12.2 Å². The number of benzene rings is 1. The first-order valence-electron chi connectivity index (χ1n) is 8.83. The Hall–Kier alpha value is -2.24. The van der Waals surface area contributed by atoms with Crippen molar-refractivity contribution >= 4 is 12.2 Å². The third-order valence-electron chi connectivity index (χ3n) is 4.61. The molecule has 2 saturated heterocycles. The van der Waals surface area contributed by atoms with Gasteiger partial charge in [0, 0.05) is 19.1 Å². The second-order valence-electron chi connectivity index (χ2n) is 7.61. The highest BCUT2D eigenvalue weighted by atomic mass is 16.6. The highest BCUT2D eigenvalue weighted by Crippen LogP contribution is 2.33. The van der Waals surface area contributed by atoms with Crippen LogP contribution in [0, 0.1) is 0 Å². The molecule has 2 fully saturated rings. The van der Waals surface area contributed by atoms with Gasteiger partial charge in [0.25, 0.3) is 0 Å². The summed E-state index contributed by atoms with van der Waals surface area (Å²) in [6.45, 7) is 7.15. The Morgan fingerprint density at radius 2 is 1.80 bits per heavy atom. The molecule has 0 N–H and O–H groups in total. The van der Waals surface area contributed by atoms with Crippen molar-refractivity contribution in [3.8, 4) is 0 Å². The van der Waals surface area contributed by atoms with Crippen LogP contribution in [-0.4, -0.2) is 53.3 Å². The zero-order chi connectivity index (χ0) is 18.0. The number of amides is 2. The van der Waals surface area contributed by atoms with Crippen LogP contribution < -0.4 is 0 Å². The number of hydrogen-bond donors (Lipinski definition) is 0. The molecule has 0 aliphatic carbocycles. The zero-order valence-corrected chi connectivity index (χ0v) is 15.1. The molecule has 136 valence electrons. The Bertz CT molecular complexity index is 618. The fraction of sp³-hybridized carbons (Fsp3) is 0.579. The van der Waals surface area contributed by atoms with Crippen molar-refractivity contribution in [2.45, 2.75) is 51.3 Å². The Labute approximate surface area is 148 Å². The Kier molecular flexibility index (Phi) is 4.88. The second-order valence-corrected chi connectivity index (χ2v) is 7.61. The molecule has 0 saturated carbocycles. The van der Waals surface area contributed by atoms with E-state index < -0.39 is 5.60 Å². The molecule has 0 aromatic heterocycles. The monoisotopic (exact) mass is 346 g/mol. The highest BCUT2D eigenvalue weighted by Gasteiger charge is 2.40. The summed E-state index contributed by atoms with van der Waals surface area (Å²) in [5, 5.41) is 0. The van der Waals surface area contributed by atoms with Gasteiger partial charge in [0.05, 0.1) is 6.04 Å². The molecule has 0 unspecified atom stereocenters. The van der Waals surface area contributed by atoms with E-state index in [2.05, 4.69) is 0 Å². The molecule has 25 heavy (non-hydrogen) atoms. The minimum atomic E-state index is -0.495. The van der Waals surface area contributed by atoms with Crippen molar-refractivity contribution in [3.05, 3.63) is 35.9 Å². The van der Waals surface area contributed by atoms with Gasteiger partial charge in [-0.1, -0.05) is 30.3 Å². The quantitative estimate of drug-likeness (QED) is 0.821. The smallest absolute Gasteiger partial charge is 0.410 e. The van der Waals surface area contributed by atoms with Gasteiger partial charge in [-0.3, -0.25) is 4.90 Å². The Morgan fingerprint density at radius 3 is 2.40 bits per heavy atom. The summed E-state index contributed by atoms with van der Waals surface area (Å²) in [7, 11) is 0. The van der Waals surface area contributed by atoms with E-state index in [0.29, 0.717) is 19.7 Å². The minimum absolute atomic E-state index is 0.0493. The largest absolute Gasteiger partial charge is 0.447 e. The first-order chi connectivity index (χ1) is 11.8. The lowest BCUT2D eigenvalue weighted by atomic mass is 9.99. The van der Waals surface area contributed by atoms with Crippen LogP contribution in [0.1, 0.15) is 45.2 Å². The van der Waals surface area contributed by atoms with Crippen molar-refractivity contribution < 1.29 is 19.1 Å². The fourth-order valence-electron chi connectivity index (χ4n) is 3.42. The van der Waals surface area contributed by atoms with Gasteiger partial charge in [0.15, 0.2) is 0 Å². The zero-order valence-electron chi connectivity index (χ0n) is 15.1. The predicted molar refractivity (Wildman–Crippen MR) is 93.2 cm³/mol. The van der Waals surface area contributed by atoms with Crippen LogP contribution in [-0.2, 0) is 9.47 Å². The first-order valence-corrected chi connectivity index (χ1v) is 8.83. The van der Waals surface area contributed by atoms with E-state index in [1.165, 1.54) is 0 Å². The predicted octanol–water partition coefficient (Wildman–Crippen LogP) is 3.58. The summed E-state index contributed by atoms with van der Waals surface area (Å²) in [5.74, 6) is 0. The van der Waals surface area contributed by atoms with E-state index in [1.54, 1.807) is 4.90 Å². The van der Waals surface area contributed by atoms with Crippen LogP contribution >= 0.6 is 0 Å². The van der Waals surface area contributed by atoms with Crippen LogP contribution in [0.5, 0.6) is 0 Å². The van der Waals surface area contributed by atoms with Crippen molar-refractivity contribution in [1.29, 1.82) is 0 Å². The summed E-state index contributed by atoms with van der Waals surface area (Å²) in [6, 6.07) is 9.99. The van der Waals surface area contributed by atoms with Crippen molar-refractivity contribution in [1.82, 2.24) is 9.80 Å². The molecule has 1 aromatic rings. The normalized spacial score (nSPS) is 22.0. The molecule has 0 bridgehead atoms. The van der Waals surface area contributed by atoms with E-state index in [1.807, 2.05) is 56.0 Å². The highest BCUT2D eigenvalue weighted by molar-refractivity contribution is 5.71. The third kappa shape index (κ3) is 4.06. The number of rotatable bonds is 2. The van der Waals surface area contributed by atoms with E-state index in [0.717, 1.165) is 18.4 Å². The average molecular weight is 346 g/mol. The van der Waals surface area contributed by atoms with Crippen LogP contribution in [0.2, 0.25) is 0 Å². The maximum atomic E-state index is 12.3. The molecule has 2 aliphatic rings. The van der Waals surface area contributed by atoms with Crippen LogP contribution in [0.15, 0.2) is 30.3 Å². The number of piperidine rings is 1. The molecule has 2 heterocycles. The molecule has 2 aliphatic heterocycles. The summed E-state index contributed by atoms with van der Waals surface area (Å²) in [4.78, 5) is 28.0. The Morgan fingerprint density at radius 1 is 1.16 bits per heavy atom. The van der Waals surface area contributed by atoms with Crippen molar-refractivity contribution in [3.63, 3.8) is 0 Å². The molecule has 2 amide bonds. The second kappa shape index (κ2) is 6.94. The van der Waals surface area contributed by atoms with E-state index in [9.17, 15) is 9.59 Å². The summed E-state index contributed by atoms with van der Waals surface area (Å²) >= 11 is 0. The van der Waals surface area contributed by atoms with Gasteiger partial charge < -0.3 is 14.4 Å². The number of ether oxygens (including phenoxy) is 2. The summed E-state index contributed by atoms with van der Waals surface area (Å²) in [5.41, 5.74) is 0.591. The lowest BCUT2D eigenvalue weighted by Gasteiger charge is -2.38. The molecule has 1 aromatic carbocycles. The minimum Gasteiger partial charge on any atom is -0.447 e.